The summed E-state index contributed by atoms with van der Waals surface area (Å²) in [7, 11) is 0. The van der Waals surface area contributed by atoms with Gasteiger partial charge in [-0.1, -0.05) is 53.5 Å². The Balaban J connectivity index is 1.86. The van der Waals surface area contributed by atoms with E-state index in [1.54, 1.807) is 48.5 Å². The van der Waals surface area contributed by atoms with Crippen molar-refractivity contribution >= 4 is 29.2 Å². The van der Waals surface area contributed by atoms with Gasteiger partial charge in [-0.25, -0.2) is 4.79 Å². The normalized spacial score (nSPS) is 10.2. The van der Waals surface area contributed by atoms with Crippen LogP contribution < -0.4 is 9.47 Å². The number of carbonyl (C=O) groups is 1. The number of hydrogen-bond acceptors (Lipinski definition) is 3. The van der Waals surface area contributed by atoms with Crippen LogP contribution in [0.5, 0.6) is 17.2 Å². The highest BCUT2D eigenvalue weighted by molar-refractivity contribution is 6.34. The molecule has 0 bridgehead atoms. The third-order valence-corrected chi connectivity index (χ3v) is 3.72. The fraction of sp³-hybridized carbons (Fsp3) is 0. The Morgan fingerprint density at radius 3 is 2.29 bits per heavy atom. The predicted octanol–water partition coefficient (Wildman–Crippen LogP) is 6.00. The third kappa shape index (κ3) is 3.88. The number of benzene rings is 3. The molecule has 3 rings (SSSR count). The lowest BCUT2D eigenvalue weighted by molar-refractivity contribution is 0.0732. The largest absolute Gasteiger partial charge is 0.456 e. The highest BCUT2D eigenvalue weighted by Gasteiger charge is 2.16. The first-order valence-electron chi connectivity index (χ1n) is 7.12. The number of ether oxygens (including phenoxy) is 2. The summed E-state index contributed by atoms with van der Waals surface area (Å²) >= 11 is 11.9. The minimum Gasteiger partial charge on any atom is -0.456 e. The second-order valence-corrected chi connectivity index (χ2v) is 5.72. The molecule has 0 aliphatic heterocycles. The summed E-state index contributed by atoms with van der Waals surface area (Å²) in [4.78, 5) is 12.5. The van der Waals surface area contributed by atoms with Gasteiger partial charge in [-0.15, -0.1) is 0 Å². The van der Waals surface area contributed by atoms with E-state index < -0.39 is 5.97 Å². The van der Waals surface area contributed by atoms with E-state index in [0.29, 0.717) is 21.5 Å². The Bertz CT molecular complexity index is 863. The van der Waals surface area contributed by atoms with Crippen molar-refractivity contribution in [1.29, 1.82) is 0 Å². The molecule has 120 valence electrons. The molecule has 3 aromatic carbocycles. The lowest BCUT2D eigenvalue weighted by Crippen LogP contribution is -2.10. The molecule has 0 aliphatic rings. The Morgan fingerprint density at radius 2 is 1.50 bits per heavy atom. The van der Waals surface area contributed by atoms with Crippen LogP contribution in [-0.4, -0.2) is 5.97 Å². The summed E-state index contributed by atoms with van der Waals surface area (Å²) in [5.41, 5.74) is 0.289. The molecule has 0 aromatic heterocycles. The maximum atomic E-state index is 12.5. The van der Waals surface area contributed by atoms with Crippen LogP contribution in [0.2, 0.25) is 10.0 Å². The molecule has 0 unspecified atom stereocenters. The van der Waals surface area contributed by atoms with E-state index in [-0.39, 0.29) is 11.3 Å². The topological polar surface area (TPSA) is 35.5 Å². The molecular formula is C19H12Cl2O3. The van der Waals surface area contributed by atoms with Crippen LogP contribution in [0.25, 0.3) is 0 Å². The first kappa shape index (κ1) is 16.4. The smallest absolute Gasteiger partial charge is 0.347 e. The minimum absolute atomic E-state index is 0.198. The van der Waals surface area contributed by atoms with Gasteiger partial charge in [0.15, 0.2) is 5.75 Å². The lowest BCUT2D eigenvalue weighted by Gasteiger charge is -2.11. The standard InChI is InChI=1S/C19H12Cl2O3/c20-13-10-11-16(21)18(12-13)24-19(22)15-8-4-5-9-17(15)23-14-6-2-1-3-7-14/h1-12H. The van der Waals surface area contributed by atoms with E-state index in [1.165, 1.54) is 6.07 Å². The van der Waals surface area contributed by atoms with Crippen LogP contribution in [0.4, 0.5) is 0 Å². The molecular weight excluding hydrogens is 347 g/mol. The summed E-state index contributed by atoms with van der Waals surface area (Å²) < 4.78 is 11.1. The van der Waals surface area contributed by atoms with Crippen LogP contribution in [0.15, 0.2) is 72.8 Å². The first-order valence-corrected chi connectivity index (χ1v) is 7.88. The molecule has 0 N–H and O–H groups in total. The van der Waals surface area contributed by atoms with E-state index in [4.69, 9.17) is 32.7 Å². The zero-order chi connectivity index (χ0) is 16.9. The van der Waals surface area contributed by atoms with Crippen molar-refractivity contribution in [3.8, 4) is 17.2 Å². The number of hydrogen-bond donors (Lipinski definition) is 0. The van der Waals surface area contributed by atoms with Gasteiger partial charge >= 0.3 is 5.97 Å². The van der Waals surface area contributed by atoms with E-state index >= 15 is 0 Å². The molecule has 0 saturated carbocycles. The first-order chi connectivity index (χ1) is 11.6. The highest BCUT2D eigenvalue weighted by atomic mass is 35.5. The van der Waals surface area contributed by atoms with Gasteiger partial charge in [0.1, 0.15) is 17.1 Å². The Hall–Kier alpha value is -2.49. The van der Waals surface area contributed by atoms with Crippen LogP contribution >= 0.6 is 23.2 Å². The van der Waals surface area contributed by atoms with Crippen molar-refractivity contribution in [3.63, 3.8) is 0 Å². The quantitative estimate of drug-likeness (QED) is 0.423. The van der Waals surface area contributed by atoms with Crippen molar-refractivity contribution in [3.05, 3.63) is 88.4 Å². The second kappa shape index (κ2) is 7.39. The Kier molecular flexibility index (Phi) is 5.04. The average Bonchev–Trinajstić information content (AvgIpc) is 2.59. The van der Waals surface area contributed by atoms with E-state index in [0.717, 1.165) is 0 Å². The minimum atomic E-state index is -0.578. The van der Waals surface area contributed by atoms with Crippen LogP contribution in [0, 0.1) is 0 Å². The van der Waals surface area contributed by atoms with Gasteiger partial charge in [0.05, 0.1) is 5.02 Å². The molecule has 3 nitrogen and oxygen atoms in total. The van der Waals surface area contributed by atoms with Crippen LogP contribution in [-0.2, 0) is 0 Å². The van der Waals surface area contributed by atoms with Crippen LogP contribution in [0.3, 0.4) is 0 Å². The molecule has 0 radical (unpaired) electrons. The lowest BCUT2D eigenvalue weighted by atomic mass is 10.2. The Labute approximate surface area is 149 Å². The van der Waals surface area contributed by atoms with Crippen molar-refractivity contribution in [2.75, 3.05) is 0 Å². The van der Waals surface area contributed by atoms with Gasteiger partial charge in [-0.3, -0.25) is 0 Å². The molecule has 0 atom stereocenters. The monoisotopic (exact) mass is 358 g/mol. The fourth-order valence-electron chi connectivity index (χ4n) is 2.05. The number of para-hydroxylation sites is 2. The molecule has 0 spiro atoms. The average molecular weight is 359 g/mol. The zero-order valence-electron chi connectivity index (χ0n) is 12.4. The predicted molar refractivity (Wildman–Crippen MR) is 94.4 cm³/mol. The Morgan fingerprint density at radius 1 is 0.792 bits per heavy atom. The van der Waals surface area contributed by atoms with Crippen molar-refractivity contribution in [2.45, 2.75) is 0 Å². The molecule has 0 fully saturated rings. The summed E-state index contributed by atoms with van der Waals surface area (Å²) in [6.07, 6.45) is 0. The van der Waals surface area contributed by atoms with Crippen molar-refractivity contribution in [1.82, 2.24) is 0 Å². The summed E-state index contributed by atoms with van der Waals surface area (Å²) in [6.45, 7) is 0. The molecule has 5 heteroatoms. The highest BCUT2D eigenvalue weighted by Crippen LogP contribution is 2.30. The van der Waals surface area contributed by atoms with E-state index in [9.17, 15) is 4.79 Å². The van der Waals surface area contributed by atoms with Gasteiger partial charge < -0.3 is 9.47 Å². The molecule has 3 aromatic rings. The molecule has 0 amide bonds. The molecule has 0 aliphatic carbocycles. The second-order valence-electron chi connectivity index (χ2n) is 4.88. The van der Waals surface area contributed by atoms with E-state index in [1.807, 2.05) is 18.2 Å². The van der Waals surface area contributed by atoms with Crippen LogP contribution in [0.1, 0.15) is 10.4 Å². The van der Waals surface area contributed by atoms with E-state index in [2.05, 4.69) is 0 Å². The molecule has 0 heterocycles. The number of halogens is 2. The third-order valence-electron chi connectivity index (χ3n) is 3.17. The zero-order valence-corrected chi connectivity index (χ0v) is 13.9. The number of carbonyl (C=O) groups excluding carboxylic acids is 1. The summed E-state index contributed by atoms with van der Waals surface area (Å²) in [5.74, 6) is 0.639. The van der Waals surface area contributed by atoms with Crippen molar-refractivity contribution < 1.29 is 14.3 Å². The molecule has 24 heavy (non-hydrogen) atoms. The summed E-state index contributed by atoms with van der Waals surface area (Å²) in [5, 5.41) is 0.727. The van der Waals surface area contributed by atoms with Gasteiger partial charge in [-0.2, -0.15) is 0 Å². The number of esters is 1. The van der Waals surface area contributed by atoms with Crippen molar-refractivity contribution in [2.24, 2.45) is 0 Å². The molecule has 0 saturated heterocycles. The maximum Gasteiger partial charge on any atom is 0.347 e. The van der Waals surface area contributed by atoms with Gasteiger partial charge in [-0.05, 0) is 36.4 Å². The van der Waals surface area contributed by atoms with Gasteiger partial charge in [0.2, 0.25) is 0 Å². The van der Waals surface area contributed by atoms with Gasteiger partial charge in [0.25, 0.3) is 0 Å². The number of rotatable bonds is 4. The van der Waals surface area contributed by atoms with Gasteiger partial charge in [0, 0.05) is 11.1 Å². The SMILES string of the molecule is O=C(Oc1cc(Cl)ccc1Cl)c1ccccc1Oc1ccccc1. The summed E-state index contributed by atoms with van der Waals surface area (Å²) in [6, 6.07) is 20.7. The maximum absolute atomic E-state index is 12.5. The fourth-order valence-corrected chi connectivity index (χ4v) is 2.37.